The van der Waals surface area contributed by atoms with Crippen molar-refractivity contribution in [2.45, 2.75) is 58.4 Å². The Morgan fingerprint density at radius 1 is 1.19 bits per heavy atom. The third-order valence-electron chi connectivity index (χ3n) is 4.81. The second kappa shape index (κ2) is 5.05. The molecule has 1 atom stereocenters. The average molecular weight is 224 g/mol. The van der Waals surface area contributed by atoms with Gasteiger partial charge in [0.1, 0.15) is 0 Å². The lowest BCUT2D eigenvalue weighted by molar-refractivity contribution is 0.0707. The van der Waals surface area contributed by atoms with Crippen LogP contribution in [0.25, 0.3) is 0 Å². The van der Waals surface area contributed by atoms with Gasteiger partial charge in [0.2, 0.25) is 0 Å². The van der Waals surface area contributed by atoms with Gasteiger partial charge in [0, 0.05) is 12.6 Å². The van der Waals surface area contributed by atoms with Gasteiger partial charge in [0.25, 0.3) is 0 Å². The molecule has 2 aliphatic rings. The molecule has 2 nitrogen and oxygen atoms in total. The van der Waals surface area contributed by atoms with E-state index in [-0.39, 0.29) is 0 Å². The third-order valence-corrected chi connectivity index (χ3v) is 4.81. The zero-order valence-electron chi connectivity index (χ0n) is 11.0. The predicted octanol–water partition coefficient (Wildman–Crippen LogP) is 2.63. The first-order valence-corrected chi connectivity index (χ1v) is 7.06. The Labute approximate surface area is 101 Å². The molecule has 1 saturated heterocycles. The maximum absolute atomic E-state index is 6.01. The molecule has 0 aromatic rings. The molecule has 1 heterocycles. The molecule has 94 valence electrons. The lowest BCUT2D eigenvalue weighted by Gasteiger charge is -2.42. The second-order valence-electron chi connectivity index (χ2n) is 6.55. The average Bonchev–Trinajstić information content (AvgIpc) is 2.75. The van der Waals surface area contributed by atoms with E-state index in [1.807, 2.05) is 0 Å². The van der Waals surface area contributed by atoms with Crippen molar-refractivity contribution in [1.29, 1.82) is 0 Å². The Kier molecular flexibility index (Phi) is 3.91. The zero-order valence-corrected chi connectivity index (χ0v) is 11.0. The van der Waals surface area contributed by atoms with E-state index in [1.165, 1.54) is 51.6 Å². The summed E-state index contributed by atoms with van der Waals surface area (Å²) in [6, 6.07) is 0.679. The first-order chi connectivity index (χ1) is 7.62. The summed E-state index contributed by atoms with van der Waals surface area (Å²) >= 11 is 0. The van der Waals surface area contributed by atoms with Crippen molar-refractivity contribution >= 4 is 0 Å². The molecule has 1 aliphatic carbocycles. The summed E-state index contributed by atoms with van der Waals surface area (Å²) in [5, 5.41) is 0. The van der Waals surface area contributed by atoms with E-state index in [4.69, 9.17) is 5.73 Å². The van der Waals surface area contributed by atoms with Crippen molar-refractivity contribution in [3.63, 3.8) is 0 Å². The predicted molar refractivity (Wildman–Crippen MR) is 69.4 cm³/mol. The van der Waals surface area contributed by atoms with Crippen molar-refractivity contribution in [2.24, 2.45) is 17.1 Å². The monoisotopic (exact) mass is 224 g/mol. The van der Waals surface area contributed by atoms with Crippen LogP contribution < -0.4 is 5.73 Å². The van der Waals surface area contributed by atoms with Crippen molar-refractivity contribution in [3.05, 3.63) is 0 Å². The van der Waals surface area contributed by atoms with Gasteiger partial charge in [-0.25, -0.2) is 0 Å². The summed E-state index contributed by atoms with van der Waals surface area (Å²) in [6.07, 6.45) is 8.39. The molecule has 0 bridgehead atoms. The normalized spacial score (nSPS) is 29.4. The standard InChI is InChI=1S/C14H28N2/c1-14(2)7-9-16(10-8-14)13(11-15)12-5-3-4-6-12/h12-13H,3-11,15H2,1-2H3. The minimum Gasteiger partial charge on any atom is -0.329 e. The topological polar surface area (TPSA) is 29.3 Å². The quantitative estimate of drug-likeness (QED) is 0.798. The first-order valence-electron chi connectivity index (χ1n) is 7.06. The Hall–Kier alpha value is -0.0800. The van der Waals surface area contributed by atoms with Gasteiger partial charge >= 0.3 is 0 Å². The highest BCUT2D eigenvalue weighted by Crippen LogP contribution is 2.35. The number of hydrogen-bond donors (Lipinski definition) is 1. The van der Waals surface area contributed by atoms with E-state index in [0.29, 0.717) is 11.5 Å². The third kappa shape index (κ3) is 2.78. The minimum atomic E-state index is 0.561. The molecule has 0 amide bonds. The molecule has 2 N–H and O–H groups in total. The lowest BCUT2D eigenvalue weighted by Crippen LogP contribution is -2.49. The first kappa shape index (κ1) is 12.4. The number of nitrogens with two attached hydrogens (primary N) is 1. The number of hydrogen-bond acceptors (Lipinski definition) is 2. The highest BCUT2D eigenvalue weighted by atomic mass is 15.2. The van der Waals surface area contributed by atoms with Gasteiger partial charge in [-0.2, -0.15) is 0 Å². The highest BCUT2D eigenvalue weighted by molar-refractivity contribution is 4.88. The van der Waals surface area contributed by atoms with Gasteiger partial charge in [-0.1, -0.05) is 26.7 Å². The second-order valence-corrected chi connectivity index (χ2v) is 6.55. The smallest absolute Gasteiger partial charge is 0.0246 e. The van der Waals surface area contributed by atoms with Crippen LogP contribution in [0, 0.1) is 11.3 Å². The summed E-state index contributed by atoms with van der Waals surface area (Å²) in [6.45, 7) is 8.20. The summed E-state index contributed by atoms with van der Waals surface area (Å²) in [5.74, 6) is 0.895. The SMILES string of the molecule is CC1(C)CCN(C(CN)C2CCCC2)CC1. The molecular weight excluding hydrogens is 196 g/mol. The largest absolute Gasteiger partial charge is 0.329 e. The fraction of sp³-hybridized carbons (Fsp3) is 1.00. The van der Waals surface area contributed by atoms with E-state index in [2.05, 4.69) is 18.7 Å². The molecular formula is C14H28N2. The van der Waals surface area contributed by atoms with Gasteiger partial charge < -0.3 is 5.73 Å². The number of likely N-dealkylation sites (tertiary alicyclic amines) is 1. The Bertz CT molecular complexity index is 209. The molecule has 2 fully saturated rings. The van der Waals surface area contributed by atoms with Crippen molar-refractivity contribution in [1.82, 2.24) is 4.90 Å². The summed E-state index contributed by atoms with van der Waals surface area (Å²) in [7, 11) is 0. The van der Waals surface area contributed by atoms with E-state index in [9.17, 15) is 0 Å². The molecule has 0 spiro atoms. The van der Waals surface area contributed by atoms with Gasteiger partial charge in [0.05, 0.1) is 0 Å². The molecule has 1 unspecified atom stereocenters. The van der Waals surface area contributed by atoms with Crippen molar-refractivity contribution < 1.29 is 0 Å². The van der Waals surface area contributed by atoms with Crippen LogP contribution in [0.4, 0.5) is 0 Å². The van der Waals surface area contributed by atoms with Crippen molar-refractivity contribution in [2.75, 3.05) is 19.6 Å². The lowest BCUT2D eigenvalue weighted by atomic mass is 9.81. The van der Waals surface area contributed by atoms with Crippen molar-refractivity contribution in [3.8, 4) is 0 Å². The molecule has 1 saturated carbocycles. The molecule has 0 aromatic carbocycles. The van der Waals surface area contributed by atoms with Crippen LogP contribution in [0.3, 0.4) is 0 Å². The number of rotatable bonds is 3. The van der Waals surface area contributed by atoms with E-state index < -0.39 is 0 Å². The van der Waals surface area contributed by atoms with Gasteiger partial charge in [-0.05, 0) is 50.1 Å². The molecule has 16 heavy (non-hydrogen) atoms. The van der Waals surface area contributed by atoms with Gasteiger partial charge in [0.15, 0.2) is 0 Å². The minimum absolute atomic E-state index is 0.561. The van der Waals surface area contributed by atoms with Crippen LogP contribution in [0.1, 0.15) is 52.4 Å². The van der Waals surface area contributed by atoms with Crippen LogP contribution in [-0.2, 0) is 0 Å². The van der Waals surface area contributed by atoms with Gasteiger partial charge in [-0.3, -0.25) is 4.90 Å². The van der Waals surface area contributed by atoms with Crippen LogP contribution >= 0.6 is 0 Å². The number of nitrogens with zero attached hydrogens (tertiary/aromatic N) is 1. The zero-order chi connectivity index (χ0) is 11.6. The van der Waals surface area contributed by atoms with Crippen LogP contribution in [0.15, 0.2) is 0 Å². The van der Waals surface area contributed by atoms with Crippen LogP contribution in [0.5, 0.6) is 0 Å². The Balaban J connectivity index is 1.90. The van der Waals surface area contributed by atoms with E-state index >= 15 is 0 Å². The van der Waals surface area contributed by atoms with E-state index in [0.717, 1.165) is 12.5 Å². The molecule has 2 heteroatoms. The Morgan fingerprint density at radius 3 is 2.25 bits per heavy atom. The highest BCUT2D eigenvalue weighted by Gasteiger charge is 2.33. The molecule has 0 aromatic heterocycles. The summed E-state index contributed by atoms with van der Waals surface area (Å²) < 4.78 is 0. The fourth-order valence-corrected chi connectivity index (χ4v) is 3.44. The maximum Gasteiger partial charge on any atom is 0.0246 e. The van der Waals surface area contributed by atoms with Crippen LogP contribution in [0.2, 0.25) is 0 Å². The maximum atomic E-state index is 6.01. The Morgan fingerprint density at radius 2 is 1.75 bits per heavy atom. The molecule has 2 rings (SSSR count). The molecule has 0 radical (unpaired) electrons. The number of piperidine rings is 1. The van der Waals surface area contributed by atoms with Gasteiger partial charge in [-0.15, -0.1) is 0 Å². The fourth-order valence-electron chi connectivity index (χ4n) is 3.44. The van der Waals surface area contributed by atoms with Crippen LogP contribution in [-0.4, -0.2) is 30.6 Å². The molecule has 1 aliphatic heterocycles. The summed E-state index contributed by atoms with van der Waals surface area (Å²) in [4.78, 5) is 2.68. The summed E-state index contributed by atoms with van der Waals surface area (Å²) in [5.41, 5.74) is 6.57. The van der Waals surface area contributed by atoms with E-state index in [1.54, 1.807) is 0 Å².